The monoisotopic (exact) mass is 755 g/mol. The first-order chi connectivity index (χ1) is 28.7. The van der Waals surface area contributed by atoms with Crippen LogP contribution >= 0.6 is 11.3 Å². The predicted molar refractivity (Wildman–Crippen MR) is 246 cm³/mol. The normalized spacial score (nSPS) is 11.8. The minimum atomic E-state index is 0.721. The summed E-state index contributed by atoms with van der Waals surface area (Å²) in [6.45, 7) is 0. The van der Waals surface area contributed by atoms with Gasteiger partial charge in [-0.05, 0) is 82.2 Å². The Morgan fingerprint density at radius 3 is 1.74 bits per heavy atom. The number of para-hydroxylation sites is 2. The van der Waals surface area contributed by atoms with Crippen LogP contribution in [0.1, 0.15) is 0 Å². The lowest BCUT2D eigenvalue weighted by Crippen LogP contribution is -1.99. The van der Waals surface area contributed by atoms with Gasteiger partial charge in [0.1, 0.15) is 0 Å². The molecule has 3 heterocycles. The molecule has 3 nitrogen and oxygen atoms in total. The van der Waals surface area contributed by atoms with Gasteiger partial charge in [0.25, 0.3) is 0 Å². The molecular weight excluding hydrogens is 723 g/mol. The summed E-state index contributed by atoms with van der Waals surface area (Å²) in [6.07, 6.45) is 0. The molecule has 270 valence electrons. The van der Waals surface area contributed by atoms with Gasteiger partial charge in [0, 0.05) is 52.8 Å². The molecule has 0 unspecified atom stereocenters. The van der Waals surface area contributed by atoms with Crippen molar-refractivity contribution in [1.82, 2.24) is 14.5 Å². The smallest absolute Gasteiger partial charge is 0.161 e. The van der Waals surface area contributed by atoms with Gasteiger partial charge in [0.15, 0.2) is 5.82 Å². The molecule has 0 aliphatic carbocycles. The maximum atomic E-state index is 5.25. The number of thiophene rings is 1. The Balaban J connectivity index is 0.967. The molecule has 4 heteroatoms. The Kier molecular flexibility index (Phi) is 7.40. The van der Waals surface area contributed by atoms with Crippen LogP contribution in [0.3, 0.4) is 0 Å². The van der Waals surface area contributed by atoms with Crippen molar-refractivity contribution in [2.24, 2.45) is 0 Å². The van der Waals surface area contributed by atoms with Crippen LogP contribution in [-0.4, -0.2) is 14.5 Å². The van der Waals surface area contributed by atoms with Crippen molar-refractivity contribution in [1.29, 1.82) is 0 Å². The number of hydrogen-bond acceptors (Lipinski definition) is 3. The van der Waals surface area contributed by atoms with E-state index in [1.807, 2.05) is 23.5 Å². The van der Waals surface area contributed by atoms with Gasteiger partial charge < -0.3 is 4.57 Å². The van der Waals surface area contributed by atoms with Crippen LogP contribution in [0.25, 0.3) is 114 Å². The molecule has 0 bridgehead atoms. The molecule has 0 aliphatic rings. The molecule has 3 aromatic heterocycles. The minimum absolute atomic E-state index is 0.721. The third kappa shape index (κ3) is 5.19. The lowest BCUT2D eigenvalue weighted by molar-refractivity contribution is 1.19. The van der Waals surface area contributed by atoms with E-state index in [1.165, 1.54) is 64.2 Å². The molecule has 12 aromatic rings. The van der Waals surface area contributed by atoms with Crippen molar-refractivity contribution in [2.75, 3.05) is 0 Å². The van der Waals surface area contributed by atoms with E-state index in [9.17, 15) is 0 Å². The third-order valence-corrected chi connectivity index (χ3v) is 12.8. The van der Waals surface area contributed by atoms with Crippen molar-refractivity contribution < 1.29 is 0 Å². The van der Waals surface area contributed by atoms with Crippen LogP contribution in [0.2, 0.25) is 0 Å². The first-order valence-corrected chi connectivity index (χ1v) is 20.5. The van der Waals surface area contributed by atoms with E-state index in [1.54, 1.807) is 0 Å². The number of fused-ring (bicyclic) bond motifs is 8. The molecule has 0 spiro atoms. The van der Waals surface area contributed by atoms with E-state index in [2.05, 4.69) is 193 Å². The molecule has 0 aliphatic heterocycles. The Morgan fingerprint density at radius 1 is 0.345 bits per heavy atom. The SMILES string of the molecule is c1ccc(-c2nc(-c3ccc(-n4c5ccccc5c5cc(-c6ccc(-c7ccc8sc9ccccc9c8c7)cc6)ccc54)c4ccccc34)nc3ccccc23)cc1. The summed E-state index contributed by atoms with van der Waals surface area (Å²) < 4.78 is 5.08. The van der Waals surface area contributed by atoms with Crippen molar-refractivity contribution in [2.45, 2.75) is 0 Å². The first-order valence-electron chi connectivity index (χ1n) is 19.7. The molecule has 0 fully saturated rings. The maximum absolute atomic E-state index is 5.25. The highest BCUT2D eigenvalue weighted by Gasteiger charge is 2.19. The van der Waals surface area contributed by atoms with Gasteiger partial charge >= 0.3 is 0 Å². The molecule has 0 N–H and O–H groups in total. The molecule has 0 atom stereocenters. The van der Waals surface area contributed by atoms with Crippen LogP contribution < -0.4 is 0 Å². The lowest BCUT2D eigenvalue weighted by atomic mass is 9.98. The van der Waals surface area contributed by atoms with E-state index in [0.717, 1.165) is 50.0 Å². The highest BCUT2D eigenvalue weighted by Crippen LogP contribution is 2.41. The van der Waals surface area contributed by atoms with Crippen molar-refractivity contribution >= 4 is 75.0 Å². The topological polar surface area (TPSA) is 30.7 Å². The first kappa shape index (κ1) is 32.8. The second-order valence-corrected chi connectivity index (χ2v) is 16.0. The van der Waals surface area contributed by atoms with Gasteiger partial charge in [0.05, 0.1) is 27.9 Å². The highest BCUT2D eigenvalue weighted by molar-refractivity contribution is 7.25. The van der Waals surface area contributed by atoms with Crippen molar-refractivity contribution in [3.8, 4) is 50.6 Å². The summed E-state index contributed by atoms with van der Waals surface area (Å²) in [5, 5.41) is 8.41. The quantitative estimate of drug-likeness (QED) is 0.175. The summed E-state index contributed by atoms with van der Waals surface area (Å²) in [7, 11) is 0. The van der Waals surface area contributed by atoms with Gasteiger partial charge in [-0.2, -0.15) is 0 Å². The largest absolute Gasteiger partial charge is 0.309 e. The van der Waals surface area contributed by atoms with Gasteiger partial charge in [0.2, 0.25) is 0 Å². The number of benzene rings is 9. The molecule has 9 aromatic carbocycles. The Morgan fingerprint density at radius 2 is 0.931 bits per heavy atom. The summed E-state index contributed by atoms with van der Waals surface area (Å²) in [4.78, 5) is 10.4. The zero-order valence-corrected chi connectivity index (χ0v) is 32.1. The van der Waals surface area contributed by atoms with Gasteiger partial charge in [-0.25, -0.2) is 9.97 Å². The number of rotatable bonds is 5. The fourth-order valence-corrected chi connectivity index (χ4v) is 9.95. The van der Waals surface area contributed by atoms with Crippen LogP contribution in [0.5, 0.6) is 0 Å². The van der Waals surface area contributed by atoms with Crippen molar-refractivity contribution in [3.63, 3.8) is 0 Å². The summed E-state index contributed by atoms with van der Waals surface area (Å²) in [5.74, 6) is 0.721. The maximum Gasteiger partial charge on any atom is 0.161 e. The molecule has 0 saturated heterocycles. The molecule has 0 saturated carbocycles. The molecule has 0 radical (unpaired) electrons. The number of hydrogen-bond donors (Lipinski definition) is 0. The Bertz CT molecular complexity index is 3560. The van der Waals surface area contributed by atoms with Crippen LogP contribution in [0, 0.1) is 0 Å². The van der Waals surface area contributed by atoms with Crippen LogP contribution in [0.15, 0.2) is 200 Å². The minimum Gasteiger partial charge on any atom is -0.309 e. The summed E-state index contributed by atoms with van der Waals surface area (Å²) >= 11 is 1.86. The summed E-state index contributed by atoms with van der Waals surface area (Å²) in [5.41, 5.74) is 12.3. The average Bonchev–Trinajstić information content (AvgIpc) is 3.83. The van der Waals surface area contributed by atoms with E-state index in [4.69, 9.17) is 9.97 Å². The van der Waals surface area contributed by atoms with Crippen LogP contribution in [-0.2, 0) is 0 Å². The second-order valence-electron chi connectivity index (χ2n) is 14.9. The van der Waals surface area contributed by atoms with E-state index in [0.29, 0.717) is 0 Å². The average molecular weight is 756 g/mol. The molecule has 0 amide bonds. The zero-order valence-electron chi connectivity index (χ0n) is 31.3. The second kappa shape index (κ2) is 13.1. The molecular formula is C54H33N3S. The van der Waals surface area contributed by atoms with Crippen LogP contribution in [0.4, 0.5) is 0 Å². The van der Waals surface area contributed by atoms with Crippen molar-refractivity contribution in [3.05, 3.63) is 200 Å². The Hall–Kier alpha value is -7.40. The fraction of sp³-hybridized carbons (Fsp3) is 0. The van der Waals surface area contributed by atoms with E-state index in [-0.39, 0.29) is 0 Å². The predicted octanol–water partition coefficient (Wildman–Crippen LogP) is 14.9. The standard InChI is InChI=1S/C54H33N3S/c1-2-12-36(13-3-1)53-44-18-6-9-19-47(44)55-54(56-53)43-28-30-49(40-15-5-4-14-39(40)43)57-48-20-10-7-16-41(48)45-32-37(26-29-50(45)57)34-22-24-35(25-23-34)38-27-31-52-46(33-38)42-17-8-11-21-51(42)58-52/h1-33H. The third-order valence-electron chi connectivity index (χ3n) is 11.6. The van der Waals surface area contributed by atoms with E-state index < -0.39 is 0 Å². The van der Waals surface area contributed by atoms with Gasteiger partial charge in [-0.3, -0.25) is 0 Å². The van der Waals surface area contributed by atoms with Gasteiger partial charge in [-0.1, -0.05) is 146 Å². The molecule has 58 heavy (non-hydrogen) atoms. The molecule has 12 rings (SSSR count). The number of aromatic nitrogens is 3. The fourth-order valence-electron chi connectivity index (χ4n) is 8.86. The number of nitrogens with zero attached hydrogens (tertiary/aromatic N) is 3. The highest BCUT2D eigenvalue weighted by atomic mass is 32.1. The van der Waals surface area contributed by atoms with E-state index >= 15 is 0 Å². The van der Waals surface area contributed by atoms with Gasteiger partial charge in [-0.15, -0.1) is 11.3 Å². The summed E-state index contributed by atoms with van der Waals surface area (Å²) in [6, 6.07) is 72.1. The lowest BCUT2D eigenvalue weighted by Gasteiger charge is -2.15. The zero-order chi connectivity index (χ0) is 38.2. The Labute approximate surface area is 338 Å².